The number of nitrogens with zero attached hydrogens (tertiary/aromatic N) is 2. The van der Waals surface area contributed by atoms with Crippen LogP contribution in [-0.4, -0.2) is 29.8 Å². The van der Waals surface area contributed by atoms with E-state index in [1.54, 1.807) is 7.11 Å². The SMILES string of the molecule is COc1ccc(-c2nnc(CCNC(=O)C3CCCCC3)o2)cc1. The molecule has 0 aliphatic heterocycles. The van der Waals surface area contributed by atoms with Gasteiger partial charge in [0, 0.05) is 24.4 Å². The molecular weight excluding hydrogens is 306 g/mol. The Bertz CT molecular complexity index is 660. The summed E-state index contributed by atoms with van der Waals surface area (Å²) in [4.78, 5) is 12.1. The molecular formula is C18H23N3O3. The molecule has 1 aromatic carbocycles. The Balaban J connectivity index is 1.49. The maximum atomic E-state index is 12.1. The molecule has 1 aliphatic carbocycles. The van der Waals surface area contributed by atoms with E-state index in [0.29, 0.717) is 24.7 Å². The molecule has 0 radical (unpaired) electrons. The third kappa shape index (κ3) is 4.13. The second-order valence-corrected chi connectivity index (χ2v) is 6.11. The maximum Gasteiger partial charge on any atom is 0.247 e. The highest BCUT2D eigenvalue weighted by Crippen LogP contribution is 2.24. The van der Waals surface area contributed by atoms with E-state index in [1.165, 1.54) is 6.42 Å². The van der Waals surface area contributed by atoms with Crippen molar-refractivity contribution < 1.29 is 13.9 Å². The van der Waals surface area contributed by atoms with Gasteiger partial charge in [0.2, 0.25) is 17.7 Å². The van der Waals surface area contributed by atoms with Crippen molar-refractivity contribution >= 4 is 5.91 Å². The van der Waals surface area contributed by atoms with Gasteiger partial charge >= 0.3 is 0 Å². The lowest BCUT2D eigenvalue weighted by Gasteiger charge is -2.20. The van der Waals surface area contributed by atoms with E-state index >= 15 is 0 Å². The highest BCUT2D eigenvalue weighted by Gasteiger charge is 2.20. The van der Waals surface area contributed by atoms with Gasteiger partial charge in [0.15, 0.2) is 0 Å². The van der Waals surface area contributed by atoms with Crippen LogP contribution < -0.4 is 10.1 Å². The van der Waals surface area contributed by atoms with Crippen molar-refractivity contribution in [3.63, 3.8) is 0 Å². The van der Waals surface area contributed by atoms with E-state index in [1.807, 2.05) is 24.3 Å². The number of rotatable bonds is 6. The number of hydrogen-bond acceptors (Lipinski definition) is 5. The summed E-state index contributed by atoms with van der Waals surface area (Å²) in [6, 6.07) is 7.45. The Labute approximate surface area is 141 Å². The van der Waals surface area contributed by atoms with Gasteiger partial charge in [-0.3, -0.25) is 4.79 Å². The van der Waals surface area contributed by atoms with Crippen LogP contribution in [0, 0.1) is 5.92 Å². The van der Waals surface area contributed by atoms with Gasteiger partial charge in [0.25, 0.3) is 0 Å². The summed E-state index contributed by atoms with van der Waals surface area (Å²) in [6.45, 7) is 0.527. The average molecular weight is 329 g/mol. The van der Waals surface area contributed by atoms with Crippen LogP contribution in [0.15, 0.2) is 28.7 Å². The average Bonchev–Trinajstić information content (AvgIpc) is 3.11. The molecule has 0 spiro atoms. The minimum absolute atomic E-state index is 0.157. The molecule has 1 aliphatic rings. The zero-order valence-corrected chi connectivity index (χ0v) is 14.0. The molecule has 6 heteroatoms. The topological polar surface area (TPSA) is 77.3 Å². The number of aromatic nitrogens is 2. The first kappa shape index (κ1) is 16.5. The molecule has 0 bridgehead atoms. The van der Waals surface area contributed by atoms with Crippen molar-refractivity contribution in [2.24, 2.45) is 5.92 Å². The molecule has 3 rings (SSSR count). The fourth-order valence-electron chi connectivity index (χ4n) is 3.01. The standard InChI is InChI=1S/C18H23N3O3/c1-23-15-9-7-14(8-10-15)18-21-20-16(24-18)11-12-19-17(22)13-5-3-2-4-6-13/h7-10,13H,2-6,11-12H2,1H3,(H,19,22). The van der Waals surface area contributed by atoms with Gasteiger partial charge in [-0.15, -0.1) is 10.2 Å². The summed E-state index contributed by atoms with van der Waals surface area (Å²) in [5.74, 6) is 2.13. The predicted molar refractivity (Wildman–Crippen MR) is 89.6 cm³/mol. The summed E-state index contributed by atoms with van der Waals surface area (Å²) in [5, 5.41) is 11.1. The number of nitrogens with one attached hydrogen (secondary N) is 1. The Morgan fingerprint density at radius 3 is 2.67 bits per heavy atom. The lowest BCUT2D eigenvalue weighted by Crippen LogP contribution is -2.33. The van der Waals surface area contributed by atoms with E-state index in [0.717, 1.165) is 37.0 Å². The highest BCUT2D eigenvalue weighted by atomic mass is 16.5. The van der Waals surface area contributed by atoms with Gasteiger partial charge < -0.3 is 14.5 Å². The molecule has 0 atom stereocenters. The second-order valence-electron chi connectivity index (χ2n) is 6.11. The van der Waals surface area contributed by atoms with Crippen molar-refractivity contribution in [2.75, 3.05) is 13.7 Å². The number of carbonyl (C=O) groups excluding carboxylic acids is 1. The van der Waals surface area contributed by atoms with Gasteiger partial charge in [0.05, 0.1) is 7.11 Å². The molecule has 6 nitrogen and oxygen atoms in total. The summed E-state index contributed by atoms with van der Waals surface area (Å²) >= 11 is 0. The molecule has 1 heterocycles. The lowest BCUT2D eigenvalue weighted by atomic mass is 9.89. The zero-order valence-electron chi connectivity index (χ0n) is 14.0. The third-order valence-electron chi connectivity index (χ3n) is 4.42. The molecule has 2 aromatic rings. The smallest absolute Gasteiger partial charge is 0.247 e. The van der Waals surface area contributed by atoms with Crippen LogP contribution in [0.3, 0.4) is 0 Å². The first-order valence-electron chi connectivity index (χ1n) is 8.51. The second kappa shape index (κ2) is 7.95. The monoisotopic (exact) mass is 329 g/mol. The molecule has 1 amide bonds. The van der Waals surface area contributed by atoms with Gasteiger partial charge in [-0.25, -0.2) is 0 Å². The molecule has 128 valence electrons. The number of carbonyl (C=O) groups is 1. The van der Waals surface area contributed by atoms with Crippen LogP contribution in [0.5, 0.6) is 5.75 Å². The summed E-state index contributed by atoms with van der Waals surface area (Å²) in [6.07, 6.45) is 6.13. The quantitative estimate of drug-likeness (QED) is 0.881. The Morgan fingerprint density at radius 1 is 1.21 bits per heavy atom. The van der Waals surface area contributed by atoms with Gasteiger partial charge in [-0.2, -0.15) is 0 Å². The maximum absolute atomic E-state index is 12.1. The summed E-state index contributed by atoms with van der Waals surface area (Å²) < 4.78 is 10.8. The fourth-order valence-corrected chi connectivity index (χ4v) is 3.01. The molecule has 1 fully saturated rings. The Kier molecular flexibility index (Phi) is 5.46. The van der Waals surface area contributed by atoms with Gasteiger partial charge in [-0.1, -0.05) is 19.3 Å². The normalized spacial score (nSPS) is 15.2. The van der Waals surface area contributed by atoms with Crippen molar-refractivity contribution in [3.8, 4) is 17.2 Å². The molecule has 0 unspecified atom stereocenters. The van der Waals surface area contributed by atoms with Crippen LogP contribution >= 0.6 is 0 Å². The lowest BCUT2D eigenvalue weighted by molar-refractivity contribution is -0.125. The first-order valence-corrected chi connectivity index (χ1v) is 8.51. The summed E-state index contributed by atoms with van der Waals surface area (Å²) in [5.41, 5.74) is 0.848. The van der Waals surface area contributed by atoms with Crippen molar-refractivity contribution in [3.05, 3.63) is 30.2 Å². The molecule has 0 saturated heterocycles. The van der Waals surface area contributed by atoms with Crippen LogP contribution in [-0.2, 0) is 11.2 Å². The minimum Gasteiger partial charge on any atom is -0.497 e. The molecule has 1 saturated carbocycles. The van der Waals surface area contributed by atoms with Crippen LogP contribution in [0.1, 0.15) is 38.0 Å². The molecule has 1 N–H and O–H groups in total. The van der Waals surface area contributed by atoms with Crippen LogP contribution in [0.2, 0.25) is 0 Å². The van der Waals surface area contributed by atoms with Crippen LogP contribution in [0.25, 0.3) is 11.5 Å². The number of amides is 1. The number of ether oxygens (including phenoxy) is 1. The van der Waals surface area contributed by atoms with E-state index in [9.17, 15) is 4.79 Å². The van der Waals surface area contributed by atoms with E-state index in [2.05, 4.69) is 15.5 Å². The van der Waals surface area contributed by atoms with Crippen molar-refractivity contribution in [1.82, 2.24) is 15.5 Å². The highest BCUT2D eigenvalue weighted by molar-refractivity contribution is 5.78. The number of methoxy groups -OCH3 is 1. The molecule has 24 heavy (non-hydrogen) atoms. The van der Waals surface area contributed by atoms with E-state index in [-0.39, 0.29) is 11.8 Å². The third-order valence-corrected chi connectivity index (χ3v) is 4.42. The van der Waals surface area contributed by atoms with Crippen molar-refractivity contribution in [1.29, 1.82) is 0 Å². The fraction of sp³-hybridized carbons (Fsp3) is 0.500. The van der Waals surface area contributed by atoms with E-state index < -0.39 is 0 Å². The summed E-state index contributed by atoms with van der Waals surface area (Å²) in [7, 11) is 1.63. The predicted octanol–water partition coefficient (Wildman–Crippen LogP) is 2.98. The van der Waals surface area contributed by atoms with Crippen LogP contribution in [0.4, 0.5) is 0 Å². The Morgan fingerprint density at radius 2 is 1.96 bits per heavy atom. The van der Waals surface area contributed by atoms with Gasteiger partial charge in [-0.05, 0) is 37.1 Å². The van der Waals surface area contributed by atoms with E-state index in [4.69, 9.17) is 9.15 Å². The van der Waals surface area contributed by atoms with Crippen molar-refractivity contribution in [2.45, 2.75) is 38.5 Å². The Hall–Kier alpha value is -2.37. The zero-order chi connectivity index (χ0) is 16.8. The minimum atomic E-state index is 0.157. The first-order chi connectivity index (χ1) is 11.8. The number of benzene rings is 1. The largest absolute Gasteiger partial charge is 0.497 e. The molecule has 1 aromatic heterocycles. The van der Waals surface area contributed by atoms with Gasteiger partial charge in [0.1, 0.15) is 5.75 Å². The number of hydrogen-bond donors (Lipinski definition) is 1.